The summed E-state index contributed by atoms with van der Waals surface area (Å²) in [7, 11) is 0. The third kappa shape index (κ3) is 3.74. The van der Waals surface area contributed by atoms with Gasteiger partial charge >= 0.3 is 116 Å². The third-order valence-electron chi connectivity index (χ3n) is 3.42. The van der Waals surface area contributed by atoms with Crippen molar-refractivity contribution in [2.75, 3.05) is 6.61 Å². The van der Waals surface area contributed by atoms with Crippen LogP contribution in [0.25, 0.3) is 11.1 Å². The summed E-state index contributed by atoms with van der Waals surface area (Å²) in [6.07, 6.45) is 1.25. The van der Waals surface area contributed by atoms with Gasteiger partial charge < -0.3 is 0 Å². The average Bonchev–Trinajstić information content (AvgIpc) is 2.80. The molecule has 0 amide bonds. The van der Waals surface area contributed by atoms with Crippen LogP contribution in [0.2, 0.25) is 0 Å². The Morgan fingerprint density at radius 2 is 1.38 bits per heavy atom. The summed E-state index contributed by atoms with van der Waals surface area (Å²) in [5.74, 6) is 0.358. The molecule has 1 aliphatic carbocycles. The molecule has 0 radical (unpaired) electrons. The van der Waals surface area contributed by atoms with Crippen molar-refractivity contribution in [2.24, 2.45) is 0 Å². The molecule has 0 unspecified atom stereocenters. The Kier molecular flexibility index (Phi) is 5.99. The van der Waals surface area contributed by atoms with Gasteiger partial charge in [-0.3, -0.25) is 0 Å². The molecule has 3 rings (SSSR count). The van der Waals surface area contributed by atoms with E-state index in [1.165, 1.54) is 28.7 Å². The van der Waals surface area contributed by atoms with Crippen LogP contribution in [0, 0.1) is 0 Å². The van der Waals surface area contributed by atoms with Crippen molar-refractivity contribution in [1.29, 1.82) is 0 Å². The maximum atomic E-state index is 5.73. The zero-order chi connectivity index (χ0) is 15.2. The molecule has 0 aliphatic heterocycles. The Bertz CT molecular complexity index is 573. The monoisotopic (exact) mass is 317 g/mol. The van der Waals surface area contributed by atoms with E-state index in [0.29, 0.717) is 12.5 Å². The van der Waals surface area contributed by atoms with Crippen molar-refractivity contribution in [1.82, 2.24) is 0 Å². The van der Waals surface area contributed by atoms with E-state index in [4.69, 9.17) is 4.74 Å². The van der Waals surface area contributed by atoms with Crippen LogP contribution in [0.5, 0.6) is 0 Å². The number of hydrogen-bond acceptors (Lipinski definition) is 1. The van der Waals surface area contributed by atoms with E-state index < -0.39 is 0 Å². The fraction of sp³-hybridized carbons (Fsp3) is 0.316. The normalized spacial score (nSPS) is 12.1. The number of ether oxygens (including phenoxy) is 1. The SMILES string of the molecule is CCC.C[C](=[V])OCC1c2ccccc2-c2ccccc21. The van der Waals surface area contributed by atoms with Crippen molar-refractivity contribution < 1.29 is 21.7 Å². The molecule has 1 aliphatic rings. The topological polar surface area (TPSA) is 9.23 Å². The molecular weight excluding hydrogens is 295 g/mol. The van der Waals surface area contributed by atoms with Crippen LogP contribution in [-0.2, 0) is 21.7 Å². The third-order valence-corrected chi connectivity index (χ3v) is 3.62. The molecular formula is C19H22OV. The molecule has 0 heterocycles. The number of hydrogen-bond donors (Lipinski definition) is 0. The Morgan fingerprint density at radius 1 is 0.952 bits per heavy atom. The van der Waals surface area contributed by atoms with Crippen LogP contribution < -0.4 is 0 Å². The summed E-state index contributed by atoms with van der Waals surface area (Å²) in [4.78, 5) is 0. The van der Waals surface area contributed by atoms with Gasteiger partial charge in [-0.2, -0.15) is 0 Å². The minimum absolute atomic E-state index is 0.358. The van der Waals surface area contributed by atoms with Gasteiger partial charge in [-0.15, -0.1) is 0 Å². The van der Waals surface area contributed by atoms with Crippen molar-refractivity contribution in [2.45, 2.75) is 33.1 Å². The molecule has 109 valence electrons. The van der Waals surface area contributed by atoms with Gasteiger partial charge in [-0.25, -0.2) is 0 Å². The first-order valence-corrected chi connectivity index (χ1v) is 8.22. The summed E-state index contributed by atoms with van der Waals surface area (Å²) in [6, 6.07) is 17.2. The summed E-state index contributed by atoms with van der Waals surface area (Å²) in [5.41, 5.74) is 5.47. The first-order valence-electron chi connectivity index (χ1n) is 7.52. The fourth-order valence-corrected chi connectivity index (χ4v) is 2.76. The van der Waals surface area contributed by atoms with Crippen molar-refractivity contribution in [3.05, 3.63) is 59.7 Å². The van der Waals surface area contributed by atoms with Gasteiger partial charge in [0.2, 0.25) is 0 Å². The summed E-state index contributed by atoms with van der Waals surface area (Å²) >= 11 is 2.46. The van der Waals surface area contributed by atoms with Crippen LogP contribution in [0.1, 0.15) is 44.2 Å². The number of fused-ring (bicyclic) bond motifs is 3. The molecule has 0 N–H and O–H groups in total. The van der Waals surface area contributed by atoms with Gasteiger partial charge in [-0.05, 0) is 0 Å². The number of benzene rings is 2. The quantitative estimate of drug-likeness (QED) is 0.780. The predicted octanol–water partition coefficient (Wildman–Crippen LogP) is 4.93. The molecule has 1 nitrogen and oxygen atoms in total. The van der Waals surface area contributed by atoms with E-state index in [0.717, 1.165) is 4.41 Å². The van der Waals surface area contributed by atoms with E-state index in [1.54, 1.807) is 0 Å². The van der Waals surface area contributed by atoms with Gasteiger partial charge in [0.25, 0.3) is 0 Å². The van der Waals surface area contributed by atoms with Crippen LogP contribution in [0.3, 0.4) is 0 Å². The zero-order valence-electron chi connectivity index (χ0n) is 13.0. The molecule has 0 fully saturated rings. The van der Waals surface area contributed by atoms with Gasteiger partial charge in [-0.1, -0.05) is 20.3 Å². The fourth-order valence-electron chi connectivity index (χ4n) is 2.64. The van der Waals surface area contributed by atoms with E-state index >= 15 is 0 Å². The zero-order valence-corrected chi connectivity index (χ0v) is 14.4. The van der Waals surface area contributed by atoms with Crippen LogP contribution in [0.4, 0.5) is 0 Å². The average molecular weight is 317 g/mol. The standard InChI is InChI=1S/C16H14O.C3H8.V/c1-2-17-11-16-14-9-5-3-7-12(14)13-8-4-6-10-15(13)16;1-3-2;/h3-10,16H,11H2,1H3;3H2,1-2H3;. The Balaban J connectivity index is 0.000000497. The first kappa shape index (κ1) is 16.2. The van der Waals surface area contributed by atoms with Gasteiger partial charge in [0.05, 0.1) is 0 Å². The molecule has 2 aromatic rings. The van der Waals surface area contributed by atoms with E-state index in [2.05, 4.69) is 79.4 Å². The van der Waals surface area contributed by atoms with Crippen LogP contribution in [-0.4, -0.2) is 11.0 Å². The van der Waals surface area contributed by atoms with Crippen molar-refractivity contribution in [3.63, 3.8) is 0 Å². The molecule has 21 heavy (non-hydrogen) atoms. The molecule has 0 saturated carbocycles. The second-order valence-electron chi connectivity index (χ2n) is 5.26. The van der Waals surface area contributed by atoms with Crippen molar-refractivity contribution >= 4 is 4.41 Å². The molecule has 0 spiro atoms. The maximum absolute atomic E-state index is 5.73. The molecule has 2 aromatic carbocycles. The van der Waals surface area contributed by atoms with Gasteiger partial charge in [0.1, 0.15) is 0 Å². The Labute approximate surface area is 136 Å². The van der Waals surface area contributed by atoms with E-state index in [-0.39, 0.29) is 0 Å². The molecule has 0 aromatic heterocycles. The first-order chi connectivity index (χ1) is 10.2. The summed E-state index contributed by atoms with van der Waals surface area (Å²) < 4.78 is 6.69. The summed E-state index contributed by atoms with van der Waals surface area (Å²) in [5, 5.41) is 0. The second kappa shape index (κ2) is 7.75. The summed E-state index contributed by atoms with van der Waals surface area (Å²) in [6.45, 7) is 6.95. The minimum atomic E-state index is 0.358. The van der Waals surface area contributed by atoms with Crippen molar-refractivity contribution in [3.8, 4) is 11.1 Å². The van der Waals surface area contributed by atoms with Gasteiger partial charge in [0, 0.05) is 0 Å². The predicted molar refractivity (Wildman–Crippen MR) is 86.3 cm³/mol. The Morgan fingerprint density at radius 3 is 1.81 bits per heavy atom. The second-order valence-corrected chi connectivity index (χ2v) is 6.25. The van der Waals surface area contributed by atoms with Gasteiger partial charge in [0.15, 0.2) is 0 Å². The molecule has 0 bridgehead atoms. The van der Waals surface area contributed by atoms with E-state index in [9.17, 15) is 0 Å². The molecule has 0 atom stereocenters. The van der Waals surface area contributed by atoms with E-state index in [1.807, 2.05) is 6.92 Å². The molecule has 0 saturated heterocycles. The van der Waals surface area contributed by atoms with Crippen LogP contribution in [0.15, 0.2) is 48.5 Å². The molecule has 2 heteroatoms. The Hall–Kier alpha value is -1.15. The number of rotatable bonds is 3. The van der Waals surface area contributed by atoms with Crippen LogP contribution >= 0.6 is 0 Å².